The van der Waals surface area contributed by atoms with Gasteiger partial charge in [0.25, 0.3) is 0 Å². The molecular formula is C17H20Cl2O3. The number of halogens is 2. The number of rotatable bonds is 9. The highest BCUT2D eigenvalue weighted by Gasteiger charge is 2.14. The van der Waals surface area contributed by atoms with Gasteiger partial charge in [-0.25, -0.2) is 0 Å². The Labute approximate surface area is 141 Å². The van der Waals surface area contributed by atoms with Crippen LogP contribution < -0.4 is 14.2 Å². The summed E-state index contributed by atoms with van der Waals surface area (Å²) in [5, 5.41) is 1.97. The number of ether oxygens (including phenoxy) is 3. The molecule has 0 aliphatic carbocycles. The van der Waals surface area contributed by atoms with Crippen molar-refractivity contribution in [3.63, 3.8) is 0 Å². The topological polar surface area (TPSA) is 27.7 Å². The summed E-state index contributed by atoms with van der Waals surface area (Å²) in [5.74, 6) is 3.32. The second-order valence-corrected chi connectivity index (χ2v) is 5.49. The van der Waals surface area contributed by atoms with Crippen molar-refractivity contribution < 1.29 is 14.2 Å². The fourth-order valence-corrected chi connectivity index (χ4v) is 2.39. The highest BCUT2D eigenvalue weighted by molar-refractivity contribution is 6.18. The quantitative estimate of drug-likeness (QED) is 0.480. The summed E-state index contributed by atoms with van der Waals surface area (Å²) in [6.07, 6.45) is 1.58. The minimum atomic E-state index is 0.552. The molecule has 120 valence electrons. The Morgan fingerprint density at radius 2 is 1.50 bits per heavy atom. The van der Waals surface area contributed by atoms with Crippen LogP contribution in [0.25, 0.3) is 10.8 Å². The Hall–Kier alpha value is -1.32. The summed E-state index contributed by atoms with van der Waals surface area (Å²) in [7, 11) is 1.63. The molecule has 2 aromatic carbocycles. The van der Waals surface area contributed by atoms with Gasteiger partial charge < -0.3 is 14.2 Å². The third-order valence-corrected chi connectivity index (χ3v) is 3.74. The molecule has 3 nitrogen and oxygen atoms in total. The minimum Gasteiger partial charge on any atom is -0.493 e. The van der Waals surface area contributed by atoms with Crippen LogP contribution in [0.2, 0.25) is 0 Å². The molecule has 2 aromatic rings. The molecule has 0 N–H and O–H groups in total. The van der Waals surface area contributed by atoms with Gasteiger partial charge in [-0.2, -0.15) is 0 Å². The Bertz CT molecular complexity index is 602. The largest absolute Gasteiger partial charge is 0.493 e. The molecule has 0 atom stereocenters. The average molecular weight is 343 g/mol. The molecule has 0 bridgehead atoms. The zero-order valence-electron chi connectivity index (χ0n) is 12.6. The molecule has 0 amide bonds. The Balaban J connectivity index is 2.39. The number of alkyl halides is 2. The Morgan fingerprint density at radius 3 is 2.14 bits per heavy atom. The maximum atomic E-state index is 5.88. The van der Waals surface area contributed by atoms with E-state index < -0.39 is 0 Å². The molecule has 0 unspecified atom stereocenters. The van der Waals surface area contributed by atoms with Crippen molar-refractivity contribution >= 4 is 34.0 Å². The summed E-state index contributed by atoms with van der Waals surface area (Å²) in [5.41, 5.74) is 0. The smallest absolute Gasteiger partial charge is 0.169 e. The lowest BCUT2D eigenvalue weighted by Crippen LogP contribution is -2.03. The number of benzene rings is 2. The van der Waals surface area contributed by atoms with Gasteiger partial charge in [-0.05, 0) is 12.8 Å². The van der Waals surface area contributed by atoms with E-state index in [-0.39, 0.29) is 0 Å². The molecule has 0 aliphatic rings. The number of hydrogen-bond donors (Lipinski definition) is 0. The normalized spacial score (nSPS) is 10.7. The summed E-state index contributed by atoms with van der Waals surface area (Å²) in [6, 6.07) is 9.83. The zero-order valence-corrected chi connectivity index (χ0v) is 14.1. The van der Waals surface area contributed by atoms with Crippen molar-refractivity contribution in [3.05, 3.63) is 30.3 Å². The maximum absolute atomic E-state index is 5.88. The van der Waals surface area contributed by atoms with Crippen LogP contribution in [0.15, 0.2) is 30.3 Å². The predicted octanol–water partition coefficient (Wildman–Crippen LogP) is 4.86. The molecule has 0 aromatic heterocycles. The van der Waals surface area contributed by atoms with Crippen LogP contribution in [-0.2, 0) is 0 Å². The van der Waals surface area contributed by atoms with Gasteiger partial charge >= 0.3 is 0 Å². The van der Waals surface area contributed by atoms with Crippen LogP contribution in [0.3, 0.4) is 0 Å². The molecule has 0 spiro atoms. The van der Waals surface area contributed by atoms with E-state index in [4.69, 9.17) is 37.4 Å². The van der Waals surface area contributed by atoms with E-state index in [2.05, 4.69) is 0 Å². The number of fused-ring (bicyclic) bond motifs is 1. The maximum Gasteiger partial charge on any atom is 0.169 e. The first-order valence-corrected chi connectivity index (χ1v) is 8.36. The molecule has 0 fully saturated rings. The third kappa shape index (κ3) is 4.11. The summed E-state index contributed by atoms with van der Waals surface area (Å²) in [4.78, 5) is 0. The van der Waals surface area contributed by atoms with Gasteiger partial charge in [0.05, 0.1) is 20.3 Å². The first-order chi connectivity index (χ1) is 10.8. The van der Waals surface area contributed by atoms with Crippen molar-refractivity contribution in [2.75, 3.05) is 32.1 Å². The Morgan fingerprint density at radius 1 is 0.864 bits per heavy atom. The van der Waals surface area contributed by atoms with Gasteiger partial charge in [0.2, 0.25) is 0 Å². The molecule has 0 saturated heterocycles. The number of methoxy groups -OCH3 is 1. The lowest BCUT2D eigenvalue weighted by atomic mass is 10.1. The highest BCUT2D eigenvalue weighted by atomic mass is 35.5. The van der Waals surface area contributed by atoms with E-state index in [1.54, 1.807) is 7.11 Å². The molecule has 0 aliphatic heterocycles. The lowest BCUT2D eigenvalue weighted by Gasteiger charge is -2.16. The van der Waals surface area contributed by atoms with Crippen molar-refractivity contribution in [1.82, 2.24) is 0 Å². The van der Waals surface area contributed by atoms with Crippen molar-refractivity contribution in [2.24, 2.45) is 0 Å². The standard InChI is InChI=1S/C17H20Cl2O3/c1-20-16-12-15(21-10-4-8-18)13-6-2-3-7-14(13)17(16)22-11-5-9-19/h2-3,6-7,12H,4-5,8-11H2,1H3. The summed E-state index contributed by atoms with van der Waals surface area (Å²) in [6.45, 7) is 1.12. The second kappa shape index (κ2) is 8.96. The number of hydrogen-bond acceptors (Lipinski definition) is 3. The van der Waals surface area contributed by atoms with E-state index in [9.17, 15) is 0 Å². The predicted molar refractivity (Wildman–Crippen MR) is 92.2 cm³/mol. The van der Waals surface area contributed by atoms with Gasteiger partial charge in [-0.3, -0.25) is 0 Å². The van der Waals surface area contributed by atoms with Crippen LogP contribution in [0.1, 0.15) is 12.8 Å². The van der Waals surface area contributed by atoms with Gasteiger partial charge in [0.15, 0.2) is 11.5 Å². The monoisotopic (exact) mass is 342 g/mol. The summed E-state index contributed by atoms with van der Waals surface area (Å²) < 4.78 is 17.2. The van der Waals surface area contributed by atoms with Crippen molar-refractivity contribution in [2.45, 2.75) is 12.8 Å². The molecule has 0 heterocycles. The summed E-state index contributed by atoms with van der Waals surface area (Å²) >= 11 is 11.4. The highest BCUT2D eigenvalue weighted by Crippen LogP contribution is 2.41. The van der Waals surface area contributed by atoms with E-state index in [1.807, 2.05) is 30.3 Å². The zero-order chi connectivity index (χ0) is 15.8. The first-order valence-electron chi connectivity index (χ1n) is 7.29. The van der Waals surface area contributed by atoms with Crippen LogP contribution in [0, 0.1) is 0 Å². The van der Waals surface area contributed by atoms with Gasteiger partial charge in [0.1, 0.15) is 5.75 Å². The van der Waals surface area contributed by atoms with Gasteiger partial charge in [0, 0.05) is 28.6 Å². The molecular weight excluding hydrogens is 323 g/mol. The van der Waals surface area contributed by atoms with E-state index in [1.165, 1.54) is 0 Å². The minimum absolute atomic E-state index is 0.552. The first kappa shape index (κ1) is 17.0. The van der Waals surface area contributed by atoms with Crippen molar-refractivity contribution in [1.29, 1.82) is 0 Å². The fraction of sp³-hybridized carbons (Fsp3) is 0.412. The third-order valence-electron chi connectivity index (χ3n) is 3.20. The van der Waals surface area contributed by atoms with Crippen LogP contribution in [0.5, 0.6) is 17.2 Å². The van der Waals surface area contributed by atoms with E-state index >= 15 is 0 Å². The van der Waals surface area contributed by atoms with Crippen LogP contribution >= 0.6 is 23.2 Å². The average Bonchev–Trinajstić information content (AvgIpc) is 2.56. The molecule has 0 radical (unpaired) electrons. The van der Waals surface area contributed by atoms with Gasteiger partial charge in [-0.15, -0.1) is 23.2 Å². The van der Waals surface area contributed by atoms with Crippen molar-refractivity contribution in [3.8, 4) is 17.2 Å². The lowest BCUT2D eigenvalue weighted by molar-refractivity contribution is 0.293. The van der Waals surface area contributed by atoms with Crippen LogP contribution in [-0.4, -0.2) is 32.1 Å². The van der Waals surface area contributed by atoms with E-state index in [0.717, 1.165) is 35.1 Å². The second-order valence-electron chi connectivity index (χ2n) is 4.73. The molecule has 22 heavy (non-hydrogen) atoms. The van der Waals surface area contributed by atoms with Crippen LogP contribution in [0.4, 0.5) is 0 Å². The Kier molecular flexibility index (Phi) is 6.94. The van der Waals surface area contributed by atoms with E-state index in [0.29, 0.717) is 30.7 Å². The van der Waals surface area contributed by atoms with Gasteiger partial charge in [-0.1, -0.05) is 24.3 Å². The fourth-order valence-electron chi connectivity index (χ4n) is 2.18. The molecule has 0 saturated carbocycles. The molecule has 2 rings (SSSR count). The molecule has 5 heteroatoms. The SMILES string of the molecule is COc1cc(OCCCCl)c2ccccc2c1OCCCCl.